The van der Waals surface area contributed by atoms with Gasteiger partial charge in [-0.25, -0.2) is 4.98 Å². The zero-order valence-corrected chi connectivity index (χ0v) is 19.7. The van der Waals surface area contributed by atoms with Gasteiger partial charge in [0.25, 0.3) is 0 Å². The van der Waals surface area contributed by atoms with Crippen LogP contribution in [0.3, 0.4) is 0 Å². The van der Waals surface area contributed by atoms with E-state index in [1.165, 1.54) is 5.56 Å². The smallest absolute Gasteiger partial charge is 0.222 e. The summed E-state index contributed by atoms with van der Waals surface area (Å²) in [6, 6.07) is 16.2. The number of rotatable bonds is 1. The van der Waals surface area contributed by atoms with Crippen LogP contribution in [0, 0.1) is 11.3 Å². The van der Waals surface area contributed by atoms with Crippen molar-refractivity contribution in [2.45, 2.75) is 57.4 Å². The number of benzene rings is 2. The van der Waals surface area contributed by atoms with Crippen molar-refractivity contribution in [1.82, 2.24) is 14.5 Å². The van der Waals surface area contributed by atoms with Gasteiger partial charge in [-0.15, -0.1) is 0 Å². The van der Waals surface area contributed by atoms with Crippen LogP contribution in [-0.4, -0.2) is 33.4 Å². The number of carbonyl (C=O) groups excluding carboxylic acids is 1. The number of nitriles is 1. The second kappa shape index (κ2) is 9.34. The molecule has 1 amide bonds. The Balaban J connectivity index is 1.62. The number of ether oxygens (including phenoxy) is 1. The van der Waals surface area contributed by atoms with Gasteiger partial charge >= 0.3 is 0 Å². The number of fused-ring (bicyclic) bond motifs is 8. The molecule has 1 unspecified atom stereocenters. The second-order valence-corrected chi connectivity index (χ2v) is 9.49. The van der Waals surface area contributed by atoms with Crippen molar-refractivity contribution < 1.29 is 9.53 Å². The molecule has 2 aliphatic heterocycles. The van der Waals surface area contributed by atoms with E-state index in [-0.39, 0.29) is 11.3 Å². The van der Waals surface area contributed by atoms with Gasteiger partial charge in [0.1, 0.15) is 17.6 Å². The van der Waals surface area contributed by atoms with Gasteiger partial charge in [0.05, 0.1) is 11.9 Å². The number of carbonyl (C=O) groups is 1. The molecule has 0 radical (unpaired) electrons. The van der Waals surface area contributed by atoms with E-state index in [2.05, 4.69) is 39.6 Å². The molecule has 1 atom stereocenters. The summed E-state index contributed by atoms with van der Waals surface area (Å²) in [7, 11) is 0. The maximum atomic E-state index is 13.3. The van der Waals surface area contributed by atoms with Gasteiger partial charge in [0.15, 0.2) is 0 Å². The van der Waals surface area contributed by atoms with Crippen molar-refractivity contribution in [1.29, 1.82) is 5.26 Å². The summed E-state index contributed by atoms with van der Waals surface area (Å²) in [5.74, 6) is 1.50. The van der Waals surface area contributed by atoms with Crippen LogP contribution >= 0.6 is 0 Å². The summed E-state index contributed by atoms with van der Waals surface area (Å²) in [5, 5.41) is 9.67. The standard InChI is InChI=1S/C28H30N4O2/c1-2-28-12-3-4-13-31(19-28)27(33)11-10-24-17-30-20-32(24)18-21-8-9-22(16-29)26(14-21)34-25-7-5-6-23(28)15-25/h5-9,14-15,17,20H,2-4,10-13,18-19H2,1H3. The number of imidazole rings is 1. The fraction of sp³-hybridized carbons (Fsp3) is 0.393. The summed E-state index contributed by atoms with van der Waals surface area (Å²) in [6.07, 6.45) is 8.90. The summed E-state index contributed by atoms with van der Waals surface area (Å²) >= 11 is 0. The van der Waals surface area contributed by atoms with E-state index in [1.807, 2.05) is 36.5 Å². The van der Waals surface area contributed by atoms with E-state index in [1.54, 1.807) is 6.33 Å². The lowest BCUT2D eigenvalue weighted by Crippen LogP contribution is -2.42. The quantitative estimate of drug-likeness (QED) is 0.507. The minimum atomic E-state index is -0.107. The first kappa shape index (κ1) is 22.2. The number of nitrogens with zero attached hydrogens (tertiary/aromatic N) is 4. The highest BCUT2D eigenvalue weighted by Gasteiger charge is 2.36. The topological polar surface area (TPSA) is 71.2 Å². The third-order valence-corrected chi connectivity index (χ3v) is 7.44. The first-order valence-electron chi connectivity index (χ1n) is 12.2. The Labute approximate surface area is 200 Å². The van der Waals surface area contributed by atoms with Crippen LogP contribution in [0.1, 0.15) is 61.4 Å². The zero-order valence-electron chi connectivity index (χ0n) is 19.7. The fourth-order valence-electron chi connectivity index (χ4n) is 5.38. The molecule has 0 aliphatic carbocycles. The Kier molecular flexibility index (Phi) is 6.10. The lowest BCUT2D eigenvalue weighted by atomic mass is 9.74. The Morgan fingerprint density at radius 3 is 2.94 bits per heavy atom. The van der Waals surface area contributed by atoms with Gasteiger partial charge in [-0.2, -0.15) is 5.26 Å². The summed E-state index contributed by atoms with van der Waals surface area (Å²) in [6.45, 7) is 4.36. The summed E-state index contributed by atoms with van der Waals surface area (Å²) in [5.41, 5.74) is 3.66. The number of aromatic nitrogens is 2. The number of hydrogen-bond acceptors (Lipinski definition) is 4. The highest BCUT2D eigenvalue weighted by molar-refractivity contribution is 5.76. The van der Waals surface area contributed by atoms with E-state index < -0.39 is 0 Å². The molecule has 0 spiro atoms. The van der Waals surface area contributed by atoms with Gasteiger partial charge in [0.2, 0.25) is 5.91 Å². The molecule has 5 rings (SSSR count). The van der Waals surface area contributed by atoms with Crippen molar-refractivity contribution in [2.75, 3.05) is 13.1 Å². The normalized spacial score (nSPS) is 20.6. The number of amides is 1. The van der Waals surface area contributed by atoms with Crippen LogP contribution in [0.15, 0.2) is 55.0 Å². The minimum absolute atomic E-state index is 0.107. The molecule has 2 aromatic carbocycles. The van der Waals surface area contributed by atoms with Gasteiger partial charge in [0, 0.05) is 43.4 Å². The summed E-state index contributed by atoms with van der Waals surface area (Å²) < 4.78 is 8.38. The van der Waals surface area contributed by atoms with Crippen LogP contribution in [0.2, 0.25) is 0 Å². The molecule has 0 saturated carbocycles. The summed E-state index contributed by atoms with van der Waals surface area (Å²) in [4.78, 5) is 19.7. The van der Waals surface area contributed by atoms with E-state index in [4.69, 9.17) is 4.74 Å². The Morgan fingerprint density at radius 1 is 1.18 bits per heavy atom. The molecule has 6 heteroatoms. The van der Waals surface area contributed by atoms with E-state index in [9.17, 15) is 10.1 Å². The highest BCUT2D eigenvalue weighted by atomic mass is 16.5. The number of hydrogen-bond donors (Lipinski definition) is 0. The Bertz CT molecular complexity index is 1240. The highest BCUT2D eigenvalue weighted by Crippen LogP contribution is 2.39. The van der Waals surface area contributed by atoms with Gasteiger partial charge in [-0.05, 0) is 61.1 Å². The molecule has 6 nitrogen and oxygen atoms in total. The monoisotopic (exact) mass is 454 g/mol. The molecule has 1 saturated heterocycles. The predicted octanol–water partition coefficient (Wildman–Crippen LogP) is 5.20. The molecule has 3 aromatic rings. The SMILES string of the molecule is CCC12CCCCN(C1)C(=O)CCc1cncn1Cc1ccc(C#N)c(c1)Oc1cccc2c1. The molecule has 174 valence electrons. The van der Waals surface area contributed by atoms with Crippen LogP contribution in [0.5, 0.6) is 11.5 Å². The van der Waals surface area contributed by atoms with Gasteiger partial charge in [-0.3, -0.25) is 4.79 Å². The fourth-order valence-corrected chi connectivity index (χ4v) is 5.38. The molecule has 34 heavy (non-hydrogen) atoms. The van der Waals surface area contributed by atoms with Crippen molar-refractivity contribution >= 4 is 5.91 Å². The molecular weight excluding hydrogens is 424 g/mol. The minimum Gasteiger partial charge on any atom is -0.456 e. The average Bonchev–Trinajstić information content (AvgIpc) is 3.17. The molecule has 0 N–H and O–H groups in total. The number of aryl methyl sites for hydroxylation is 1. The largest absolute Gasteiger partial charge is 0.456 e. The lowest BCUT2D eigenvalue weighted by molar-refractivity contribution is -0.131. The van der Waals surface area contributed by atoms with Crippen molar-refractivity contribution in [3.8, 4) is 17.6 Å². The lowest BCUT2D eigenvalue weighted by Gasteiger charge is -2.36. The van der Waals surface area contributed by atoms with E-state index in [0.717, 1.165) is 55.8 Å². The molecular formula is C28H30N4O2. The Hall–Kier alpha value is -3.59. The maximum Gasteiger partial charge on any atom is 0.222 e. The predicted molar refractivity (Wildman–Crippen MR) is 130 cm³/mol. The zero-order chi connectivity index (χ0) is 23.5. The van der Waals surface area contributed by atoms with Gasteiger partial charge in [-0.1, -0.05) is 31.5 Å². The first-order chi connectivity index (χ1) is 16.6. The second-order valence-electron chi connectivity index (χ2n) is 9.49. The molecule has 2 aliphatic rings. The maximum absolute atomic E-state index is 13.3. The van der Waals surface area contributed by atoms with Crippen LogP contribution in [-0.2, 0) is 23.2 Å². The van der Waals surface area contributed by atoms with Crippen LogP contribution in [0.4, 0.5) is 0 Å². The van der Waals surface area contributed by atoms with Crippen molar-refractivity contribution in [3.63, 3.8) is 0 Å². The van der Waals surface area contributed by atoms with Crippen molar-refractivity contribution in [2.24, 2.45) is 0 Å². The third-order valence-electron chi connectivity index (χ3n) is 7.44. The van der Waals surface area contributed by atoms with Crippen LogP contribution < -0.4 is 4.74 Å². The third kappa shape index (κ3) is 4.31. The molecule has 1 fully saturated rings. The van der Waals surface area contributed by atoms with Crippen molar-refractivity contribution in [3.05, 3.63) is 77.4 Å². The molecule has 1 aromatic heterocycles. The molecule has 3 heterocycles. The van der Waals surface area contributed by atoms with Gasteiger partial charge < -0.3 is 14.2 Å². The van der Waals surface area contributed by atoms with Crippen LogP contribution in [0.25, 0.3) is 0 Å². The van der Waals surface area contributed by atoms with E-state index >= 15 is 0 Å². The average molecular weight is 455 g/mol. The molecule has 6 bridgehead atoms. The van der Waals surface area contributed by atoms with E-state index in [0.29, 0.717) is 30.7 Å². The Morgan fingerprint density at radius 2 is 2.09 bits per heavy atom. The first-order valence-corrected chi connectivity index (χ1v) is 12.2.